The molecular formula is C18H29N5O2. The van der Waals surface area contributed by atoms with Crippen LogP contribution in [0, 0.1) is 0 Å². The zero-order valence-electron chi connectivity index (χ0n) is 15.9. The van der Waals surface area contributed by atoms with E-state index >= 15 is 0 Å². The maximum Gasteiger partial charge on any atom is 0.287 e. The zero-order chi connectivity index (χ0) is 18.4. The average Bonchev–Trinajstić information content (AvgIpc) is 3.25. The lowest BCUT2D eigenvalue weighted by atomic mass is 10.2. The van der Waals surface area contributed by atoms with Crippen LogP contribution in [-0.4, -0.2) is 38.7 Å². The van der Waals surface area contributed by atoms with Crippen LogP contribution in [0.15, 0.2) is 16.8 Å². The summed E-state index contributed by atoms with van der Waals surface area (Å²) in [4.78, 5) is 14.9. The summed E-state index contributed by atoms with van der Waals surface area (Å²) in [6.07, 6.45) is 2.44. The predicted octanol–water partition coefficient (Wildman–Crippen LogP) is 2.79. The Hall–Kier alpha value is -2.15. The van der Waals surface area contributed by atoms with Crippen LogP contribution in [0.5, 0.6) is 0 Å². The number of carbonyl (C=O) groups is 1. The van der Waals surface area contributed by atoms with Gasteiger partial charge in [-0.15, -0.1) is 10.2 Å². The maximum absolute atomic E-state index is 12.6. The third kappa shape index (κ3) is 4.48. The van der Waals surface area contributed by atoms with Crippen LogP contribution in [-0.2, 0) is 19.5 Å². The van der Waals surface area contributed by atoms with Gasteiger partial charge in [0.15, 0.2) is 11.6 Å². The maximum atomic E-state index is 12.6. The number of nitrogens with one attached hydrogen (secondary N) is 1. The Labute approximate surface area is 149 Å². The molecule has 2 heterocycles. The highest BCUT2D eigenvalue weighted by molar-refractivity contribution is 5.92. The molecule has 2 aromatic heterocycles. The minimum absolute atomic E-state index is 0.223. The number of furan rings is 1. The van der Waals surface area contributed by atoms with Gasteiger partial charge >= 0.3 is 0 Å². The van der Waals surface area contributed by atoms with Gasteiger partial charge in [0.25, 0.3) is 5.91 Å². The number of aromatic nitrogens is 3. The number of amides is 1. The molecule has 7 nitrogen and oxygen atoms in total. The van der Waals surface area contributed by atoms with E-state index in [1.165, 1.54) is 0 Å². The lowest BCUT2D eigenvalue weighted by Crippen LogP contribution is -2.28. The molecule has 1 N–H and O–H groups in total. The number of nitrogens with zero attached hydrogens (tertiary/aromatic N) is 4. The first kappa shape index (κ1) is 19.2. The highest BCUT2D eigenvalue weighted by atomic mass is 16.4. The average molecular weight is 347 g/mol. The fraction of sp³-hybridized carbons (Fsp3) is 0.611. The Morgan fingerprint density at radius 2 is 2.04 bits per heavy atom. The Morgan fingerprint density at radius 1 is 1.32 bits per heavy atom. The van der Waals surface area contributed by atoms with Crippen molar-refractivity contribution in [1.82, 2.24) is 25.0 Å². The van der Waals surface area contributed by atoms with Gasteiger partial charge in [-0.2, -0.15) is 0 Å². The van der Waals surface area contributed by atoms with E-state index in [1.807, 2.05) is 31.4 Å². The van der Waals surface area contributed by atoms with Crippen LogP contribution in [0.25, 0.3) is 0 Å². The van der Waals surface area contributed by atoms with Gasteiger partial charge in [-0.3, -0.25) is 9.69 Å². The second kappa shape index (κ2) is 8.80. The number of rotatable bonds is 9. The molecule has 2 aromatic rings. The molecule has 0 radical (unpaired) electrons. The van der Waals surface area contributed by atoms with Crippen molar-refractivity contribution in [2.45, 2.75) is 60.2 Å². The molecule has 138 valence electrons. The van der Waals surface area contributed by atoms with Crippen molar-refractivity contribution in [1.29, 1.82) is 0 Å². The number of aryl methyl sites for hydroxylation is 2. The lowest BCUT2D eigenvalue weighted by Gasteiger charge is -2.17. The van der Waals surface area contributed by atoms with Crippen LogP contribution >= 0.6 is 0 Å². The van der Waals surface area contributed by atoms with Gasteiger partial charge in [-0.1, -0.05) is 20.8 Å². The molecular weight excluding hydrogens is 318 g/mol. The first-order valence-electron chi connectivity index (χ1n) is 9.06. The van der Waals surface area contributed by atoms with E-state index < -0.39 is 0 Å². The van der Waals surface area contributed by atoms with Gasteiger partial charge < -0.3 is 14.3 Å². The highest BCUT2D eigenvalue weighted by Crippen LogP contribution is 2.19. The number of hydrogen-bond donors (Lipinski definition) is 1. The first-order chi connectivity index (χ1) is 12.0. The van der Waals surface area contributed by atoms with E-state index in [-0.39, 0.29) is 11.9 Å². The summed E-state index contributed by atoms with van der Waals surface area (Å²) in [7, 11) is 0. The normalized spacial score (nSPS) is 12.6. The minimum atomic E-state index is -0.239. The van der Waals surface area contributed by atoms with Crippen molar-refractivity contribution in [3.63, 3.8) is 0 Å². The molecule has 0 saturated heterocycles. The van der Waals surface area contributed by atoms with E-state index in [0.717, 1.165) is 49.7 Å². The SMILES string of the molecule is CCc1oc(C(=O)NC(C)c2nncn2CC)cc1CN(CC)CC. The summed E-state index contributed by atoms with van der Waals surface area (Å²) in [6, 6.07) is 1.63. The summed E-state index contributed by atoms with van der Waals surface area (Å²) in [6.45, 7) is 13.7. The Kier molecular flexibility index (Phi) is 6.75. The van der Waals surface area contributed by atoms with E-state index in [2.05, 4.69) is 34.3 Å². The van der Waals surface area contributed by atoms with Crippen molar-refractivity contribution in [3.05, 3.63) is 35.3 Å². The van der Waals surface area contributed by atoms with Gasteiger partial charge in [0, 0.05) is 25.1 Å². The molecule has 0 aliphatic carbocycles. The van der Waals surface area contributed by atoms with Crippen molar-refractivity contribution in [2.75, 3.05) is 13.1 Å². The molecule has 0 saturated carbocycles. The number of carbonyl (C=O) groups excluding carboxylic acids is 1. The van der Waals surface area contributed by atoms with Gasteiger partial charge in [-0.05, 0) is 33.0 Å². The molecule has 25 heavy (non-hydrogen) atoms. The minimum Gasteiger partial charge on any atom is -0.456 e. The summed E-state index contributed by atoms with van der Waals surface area (Å²) < 4.78 is 7.72. The van der Waals surface area contributed by atoms with E-state index in [1.54, 1.807) is 6.33 Å². The third-order valence-electron chi connectivity index (χ3n) is 4.45. The molecule has 0 fully saturated rings. The Bertz CT molecular complexity index is 687. The number of hydrogen-bond acceptors (Lipinski definition) is 5. The molecule has 1 unspecified atom stereocenters. The molecule has 1 atom stereocenters. The van der Waals surface area contributed by atoms with Crippen LogP contribution in [0.1, 0.15) is 68.4 Å². The smallest absolute Gasteiger partial charge is 0.287 e. The molecule has 0 aliphatic rings. The van der Waals surface area contributed by atoms with Gasteiger partial charge in [0.1, 0.15) is 12.1 Å². The summed E-state index contributed by atoms with van der Waals surface area (Å²) in [5, 5.41) is 11.0. The molecule has 7 heteroatoms. The van der Waals surface area contributed by atoms with Gasteiger partial charge in [-0.25, -0.2) is 0 Å². The molecule has 0 aromatic carbocycles. The fourth-order valence-electron chi connectivity index (χ4n) is 2.87. The highest BCUT2D eigenvalue weighted by Gasteiger charge is 2.21. The Morgan fingerprint density at radius 3 is 2.64 bits per heavy atom. The molecule has 0 spiro atoms. The largest absolute Gasteiger partial charge is 0.456 e. The monoisotopic (exact) mass is 347 g/mol. The molecule has 2 rings (SSSR count). The molecule has 1 amide bonds. The summed E-state index contributed by atoms with van der Waals surface area (Å²) >= 11 is 0. The van der Waals surface area contributed by atoms with E-state index in [9.17, 15) is 4.79 Å². The third-order valence-corrected chi connectivity index (χ3v) is 4.45. The quantitative estimate of drug-likeness (QED) is 0.755. The fourth-order valence-corrected chi connectivity index (χ4v) is 2.87. The van der Waals surface area contributed by atoms with Crippen molar-refractivity contribution in [2.24, 2.45) is 0 Å². The lowest BCUT2D eigenvalue weighted by molar-refractivity contribution is 0.0908. The van der Waals surface area contributed by atoms with Crippen molar-refractivity contribution in [3.8, 4) is 0 Å². The van der Waals surface area contributed by atoms with E-state index in [0.29, 0.717) is 5.76 Å². The van der Waals surface area contributed by atoms with Crippen LogP contribution in [0.4, 0.5) is 0 Å². The second-order valence-electron chi connectivity index (χ2n) is 6.04. The van der Waals surface area contributed by atoms with Gasteiger partial charge in [0.05, 0.1) is 6.04 Å². The topological polar surface area (TPSA) is 76.2 Å². The summed E-state index contributed by atoms with van der Waals surface area (Å²) in [5.41, 5.74) is 1.08. The first-order valence-corrected chi connectivity index (χ1v) is 9.06. The summed E-state index contributed by atoms with van der Waals surface area (Å²) in [5.74, 6) is 1.75. The Balaban J connectivity index is 2.12. The predicted molar refractivity (Wildman–Crippen MR) is 96.3 cm³/mol. The van der Waals surface area contributed by atoms with Gasteiger partial charge in [0.2, 0.25) is 0 Å². The van der Waals surface area contributed by atoms with Crippen LogP contribution in [0.3, 0.4) is 0 Å². The van der Waals surface area contributed by atoms with E-state index in [4.69, 9.17) is 4.42 Å². The standard InChI is InChI=1S/C18H29N5O2/c1-6-15-14(11-22(7-2)8-3)10-16(25-15)18(24)20-13(5)17-21-19-12-23(17)9-4/h10,12-13H,6-9,11H2,1-5H3,(H,20,24). The van der Waals surface area contributed by atoms with Crippen molar-refractivity contribution >= 4 is 5.91 Å². The zero-order valence-corrected chi connectivity index (χ0v) is 15.9. The molecule has 0 bridgehead atoms. The second-order valence-corrected chi connectivity index (χ2v) is 6.04. The van der Waals surface area contributed by atoms with Crippen LogP contribution in [0.2, 0.25) is 0 Å². The molecule has 0 aliphatic heterocycles. The van der Waals surface area contributed by atoms with Crippen LogP contribution < -0.4 is 5.32 Å². The van der Waals surface area contributed by atoms with Crippen molar-refractivity contribution < 1.29 is 9.21 Å².